The standard InChI is InChI=1S/C25H42O9/c1-3-4-7-10-19(28)13-14-23-21(22(29)15-25(31)34-23)11-8-5-6-9-12-24(30)32-17-20(16-26)33-18(2)27/h5,8,13-14,19-23,25-26,28-29,31H,3-4,6-7,9-12,15-17H2,1-2H3/b8-5-,14-13+/t19-,20-,21-,22-,23+,25?/m0/s1. The van der Waals surface area contributed by atoms with Gasteiger partial charge in [0.05, 0.1) is 24.9 Å². The second-order valence-corrected chi connectivity index (χ2v) is 8.67. The molecule has 0 saturated carbocycles. The lowest BCUT2D eigenvalue weighted by molar-refractivity contribution is -0.199. The Bertz CT molecular complexity index is 634. The van der Waals surface area contributed by atoms with Gasteiger partial charge in [-0.15, -0.1) is 0 Å². The first kappa shape index (κ1) is 30.3. The van der Waals surface area contributed by atoms with Crippen LogP contribution in [0.5, 0.6) is 0 Å². The van der Waals surface area contributed by atoms with Crippen molar-refractivity contribution in [1.82, 2.24) is 0 Å². The predicted molar refractivity (Wildman–Crippen MR) is 125 cm³/mol. The van der Waals surface area contributed by atoms with Gasteiger partial charge in [-0.2, -0.15) is 0 Å². The third-order valence-electron chi connectivity index (χ3n) is 5.59. The van der Waals surface area contributed by atoms with Crippen molar-refractivity contribution >= 4 is 11.9 Å². The molecule has 0 aliphatic carbocycles. The number of hydrogen-bond acceptors (Lipinski definition) is 9. The topological polar surface area (TPSA) is 143 Å². The average Bonchev–Trinajstić information content (AvgIpc) is 2.78. The molecule has 4 N–H and O–H groups in total. The number of rotatable bonds is 16. The van der Waals surface area contributed by atoms with Gasteiger partial charge in [-0.3, -0.25) is 9.59 Å². The fraction of sp³-hybridized carbons (Fsp3) is 0.760. The van der Waals surface area contributed by atoms with Gasteiger partial charge in [-0.05, 0) is 25.7 Å². The molecular weight excluding hydrogens is 444 g/mol. The quantitative estimate of drug-likeness (QED) is 0.147. The van der Waals surface area contributed by atoms with Gasteiger partial charge < -0.3 is 34.6 Å². The maximum Gasteiger partial charge on any atom is 0.305 e. The maximum atomic E-state index is 11.8. The first-order valence-electron chi connectivity index (χ1n) is 12.2. The summed E-state index contributed by atoms with van der Waals surface area (Å²) in [5.74, 6) is -1.24. The predicted octanol–water partition coefficient (Wildman–Crippen LogP) is 2.15. The van der Waals surface area contributed by atoms with Crippen LogP contribution in [-0.4, -0.2) is 76.3 Å². The van der Waals surface area contributed by atoms with Crippen LogP contribution >= 0.6 is 0 Å². The normalized spacial score (nSPS) is 24.9. The van der Waals surface area contributed by atoms with E-state index < -0.39 is 49.3 Å². The van der Waals surface area contributed by atoms with Crippen molar-refractivity contribution in [3.63, 3.8) is 0 Å². The van der Waals surface area contributed by atoms with Crippen molar-refractivity contribution in [3.8, 4) is 0 Å². The summed E-state index contributed by atoms with van der Waals surface area (Å²) in [7, 11) is 0. The van der Waals surface area contributed by atoms with Gasteiger partial charge in [0.1, 0.15) is 6.61 Å². The van der Waals surface area contributed by atoms with E-state index in [0.717, 1.165) is 19.3 Å². The molecular formula is C25H42O9. The molecule has 0 aromatic heterocycles. The molecule has 1 unspecified atom stereocenters. The molecule has 0 aromatic rings. The molecule has 0 bridgehead atoms. The van der Waals surface area contributed by atoms with Gasteiger partial charge >= 0.3 is 11.9 Å². The molecule has 0 spiro atoms. The second-order valence-electron chi connectivity index (χ2n) is 8.67. The number of ether oxygens (including phenoxy) is 3. The molecule has 0 aromatic carbocycles. The van der Waals surface area contributed by atoms with Crippen LogP contribution in [0.25, 0.3) is 0 Å². The molecule has 196 valence electrons. The molecule has 6 atom stereocenters. The number of aliphatic hydroxyl groups is 4. The van der Waals surface area contributed by atoms with Crippen LogP contribution < -0.4 is 0 Å². The van der Waals surface area contributed by atoms with Crippen LogP contribution in [0.1, 0.15) is 71.6 Å². The summed E-state index contributed by atoms with van der Waals surface area (Å²) in [6.07, 6.45) is 9.31. The summed E-state index contributed by atoms with van der Waals surface area (Å²) < 4.78 is 15.4. The van der Waals surface area contributed by atoms with E-state index in [1.165, 1.54) is 6.92 Å². The third-order valence-corrected chi connectivity index (χ3v) is 5.59. The highest BCUT2D eigenvalue weighted by Crippen LogP contribution is 2.29. The van der Waals surface area contributed by atoms with Gasteiger partial charge in [0, 0.05) is 25.7 Å². The van der Waals surface area contributed by atoms with Gasteiger partial charge in [-0.1, -0.05) is 50.5 Å². The van der Waals surface area contributed by atoms with Gasteiger partial charge in [0.15, 0.2) is 12.4 Å². The monoisotopic (exact) mass is 486 g/mol. The van der Waals surface area contributed by atoms with E-state index in [4.69, 9.17) is 19.3 Å². The van der Waals surface area contributed by atoms with Crippen molar-refractivity contribution in [2.45, 2.75) is 102 Å². The molecule has 1 fully saturated rings. The highest BCUT2D eigenvalue weighted by molar-refractivity contribution is 5.69. The average molecular weight is 487 g/mol. The number of allylic oxidation sites excluding steroid dienone is 2. The van der Waals surface area contributed by atoms with E-state index >= 15 is 0 Å². The molecule has 1 saturated heterocycles. The Balaban J connectivity index is 2.40. The summed E-state index contributed by atoms with van der Waals surface area (Å²) in [6.45, 7) is 2.72. The largest absolute Gasteiger partial charge is 0.462 e. The van der Waals surface area contributed by atoms with E-state index in [-0.39, 0.29) is 25.4 Å². The van der Waals surface area contributed by atoms with E-state index in [9.17, 15) is 24.9 Å². The zero-order valence-electron chi connectivity index (χ0n) is 20.4. The summed E-state index contributed by atoms with van der Waals surface area (Å²) in [5, 5.41) is 39.5. The fourth-order valence-electron chi connectivity index (χ4n) is 3.71. The highest BCUT2D eigenvalue weighted by Gasteiger charge is 2.35. The van der Waals surface area contributed by atoms with Crippen LogP contribution in [0.15, 0.2) is 24.3 Å². The van der Waals surface area contributed by atoms with Crippen molar-refractivity contribution < 1.29 is 44.2 Å². The molecule has 0 amide bonds. The minimum absolute atomic E-state index is 0.135. The lowest BCUT2D eigenvalue weighted by atomic mass is 9.87. The molecule has 1 aliphatic heterocycles. The Morgan fingerprint density at radius 3 is 2.62 bits per heavy atom. The van der Waals surface area contributed by atoms with Crippen LogP contribution in [0.3, 0.4) is 0 Å². The minimum atomic E-state index is -1.04. The van der Waals surface area contributed by atoms with Crippen molar-refractivity contribution in [2.24, 2.45) is 5.92 Å². The second kappa shape index (κ2) is 17.6. The molecule has 1 aliphatic rings. The van der Waals surface area contributed by atoms with E-state index in [2.05, 4.69) is 6.92 Å². The molecule has 1 rings (SSSR count). The SMILES string of the molecule is CCCCC[C@H](O)/C=C/[C@H]1OC(O)C[C@H](O)[C@@H]1C/C=C\CCCC(=O)OC[C@H](CO)OC(C)=O. The van der Waals surface area contributed by atoms with Crippen molar-refractivity contribution in [2.75, 3.05) is 13.2 Å². The van der Waals surface area contributed by atoms with Crippen LogP contribution in [-0.2, 0) is 23.8 Å². The fourth-order valence-corrected chi connectivity index (χ4v) is 3.71. The Kier molecular flexibility index (Phi) is 15.7. The number of hydrogen-bond donors (Lipinski definition) is 4. The summed E-state index contributed by atoms with van der Waals surface area (Å²) in [4.78, 5) is 22.7. The lowest BCUT2D eigenvalue weighted by Gasteiger charge is -2.36. The first-order chi connectivity index (χ1) is 16.3. The molecule has 34 heavy (non-hydrogen) atoms. The van der Waals surface area contributed by atoms with Gasteiger partial charge in [0.25, 0.3) is 0 Å². The Morgan fingerprint density at radius 1 is 1.18 bits per heavy atom. The minimum Gasteiger partial charge on any atom is -0.462 e. The Morgan fingerprint density at radius 2 is 1.94 bits per heavy atom. The number of carbonyl (C=O) groups excluding carboxylic acids is 2. The van der Waals surface area contributed by atoms with E-state index in [1.54, 1.807) is 12.2 Å². The van der Waals surface area contributed by atoms with Gasteiger partial charge in [-0.25, -0.2) is 0 Å². The van der Waals surface area contributed by atoms with E-state index in [1.807, 2.05) is 12.2 Å². The Hall–Kier alpha value is -1.78. The summed E-state index contributed by atoms with van der Waals surface area (Å²) >= 11 is 0. The first-order valence-corrected chi connectivity index (χ1v) is 12.2. The van der Waals surface area contributed by atoms with Crippen LogP contribution in [0.2, 0.25) is 0 Å². The van der Waals surface area contributed by atoms with Crippen molar-refractivity contribution in [1.29, 1.82) is 0 Å². The molecule has 0 radical (unpaired) electrons. The van der Waals surface area contributed by atoms with E-state index in [0.29, 0.717) is 25.7 Å². The lowest BCUT2D eigenvalue weighted by Crippen LogP contribution is -2.43. The molecule has 9 heteroatoms. The molecule has 1 heterocycles. The Labute approximate surface area is 202 Å². The van der Waals surface area contributed by atoms with Crippen LogP contribution in [0.4, 0.5) is 0 Å². The highest BCUT2D eigenvalue weighted by atomic mass is 16.6. The number of aliphatic hydroxyl groups excluding tert-OH is 4. The van der Waals surface area contributed by atoms with Gasteiger partial charge in [0.2, 0.25) is 0 Å². The number of carbonyl (C=O) groups is 2. The van der Waals surface area contributed by atoms with Crippen LogP contribution in [0, 0.1) is 5.92 Å². The summed E-state index contributed by atoms with van der Waals surface area (Å²) in [5.41, 5.74) is 0. The zero-order chi connectivity index (χ0) is 25.3. The summed E-state index contributed by atoms with van der Waals surface area (Å²) in [6, 6.07) is 0. The molecule has 9 nitrogen and oxygen atoms in total. The number of unbranched alkanes of at least 4 members (excludes halogenated alkanes) is 3. The maximum absolute atomic E-state index is 11.8. The zero-order valence-corrected chi connectivity index (χ0v) is 20.4. The number of esters is 2. The smallest absolute Gasteiger partial charge is 0.305 e. The third kappa shape index (κ3) is 13.2. The van der Waals surface area contributed by atoms with Crippen molar-refractivity contribution in [3.05, 3.63) is 24.3 Å².